The third kappa shape index (κ3) is 2.27. The van der Waals surface area contributed by atoms with E-state index in [1.54, 1.807) is 0 Å². The molecule has 0 aliphatic heterocycles. The van der Waals surface area contributed by atoms with E-state index >= 15 is 0 Å². The van der Waals surface area contributed by atoms with Crippen LogP contribution in [-0.4, -0.2) is 11.5 Å². The lowest BCUT2D eigenvalue weighted by Crippen LogP contribution is -2.01. The second kappa shape index (κ2) is 4.30. The quantitative estimate of drug-likeness (QED) is 0.821. The number of hydrogen-bond acceptors (Lipinski definition) is 2. The number of aryl methyl sites for hydroxylation is 1. The van der Waals surface area contributed by atoms with E-state index in [1.165, 1.54) is 10.9 Å². The fourth-order valence-corrected chi connectivity index (χ4v) is 1.60. The Morgan fingerprint density at radius 1 is 1.20 bits per heavy atom. The number of hydrogen-bond donors (Lipinski definition) is 1. The number of fused-ring (bicyclic) bond motifs is 1. The molecule has 0 bridgehead atoms. The van der Waals surface area contributed by atoms with Gasteiger partial charge in [0.05, 0.1) is 5.52 Å². The van der Waals surface area contributed by atoms with Gasteiger partial charge in [0.25, 0.3) is 0 Å². The summed E-state index contributed by atoms with van der Waals surface area (Å²) in [5, 5.41) is 4.50. The average Bonchev–Trinajstić information content (AvgIpc) is 2.26. The normalized spacial score (nSPS) is 10.5. The molecule has 0 saturated heterocycles. The molecule has 0 fully saturated rings. The highest BCUT2D eigenvalue weighted by Crippen LogP contribution is 2.16. The Hall–Kier alpha value is -1.57. The van der Waals surface area contributed by atoms with Gasteiger partial charge in [-0.25, -0.2) is 4.98 Å². The first-order chi connectivity index (χ1) is 7.29. The number of nitrogens with zero attached hydrogens (tertiary/aromatic N) is 1. The van der Waals surface area contributed by atoms with Crippen LogP contribution in [0.25, 0.3) is 10.9 Å². The first kappa shape index (κ1) is 9.97. The number of pyridine rings is 1. The van der Waals surface area contributed by atoms with Crippen LogP contribution in [0, 0.1) is 6.92 Å². The fourth-order valence-electron chi connectivity index (χ4n) is 1.60. The average molecular weight is 200 g/mol. The second-order valence-electron chi connectivity index (χ2n) is 3.82. The molecule has 0 saturated carbocycles. The fraction of sp³-hybridized carbons (Fsp3) is 0.308. The van der Waals surface area contributed by atoms with E-state index < -0.39 is 0 Å². The number of aromatic nitrogens is 1. The summed E-state index contributed by atoms with van der Waals surface area (Å²) in [7, 11) is 0. The van der Waals surface area contributed by atoms with Crippen molar-refractivity contribution < 1.29 is 0 Å². The Morgan fingerprint density at radius 2 is 2.07 bits per heavy atom. The van der Waals surface area contributed by atoms with Crippen molar-refractivity contribution in [1.29, 1.82) is 0 Å². The van der Waals surface area contributed by atoms with E-state index in [2.05, 4.69) is 48.4 Å². The highest BCUT2D eigenvalue weighted by atomic mass is 15.0. The van der Waals surface area contributed by atoms with E-state index in [0.29, 0.717) is 0 Å². The third-order valence-electron chi connectivity index (χ3n) is 2.40. The van der Waals surface area contributed by atoms with Gasteiger partial charge in [-0.3, -0.25) is 0 Å². The minimum Gasteiger partial charge on any atom is -0.370 e. The molecule has 2 aromatic rings. The van der Waals surface area contributed by atoms with Gasteiger partial charge in [0.2, 0.25) is 0 Å². The van der Waals surface area contributed by atoms with Crippen molar-refractivity contribution in [2.24, 2.45) is 0 Å². The summed E-state index contributed by atoms with van der Waals surface area (Å²) < 4.78 is 0. The molecular weight excluding hydrogens is 184 g/mol. The molecule has 15 heavy (non-hydrogen) atoms. The number of benzene rings is 1. The topological polar surface area (TPSA) is 24.9 Å². The van der Waals surface area contributed by atoms with Gasteiger partial charge >= 0.3 is 0 Å². The molecule has 1 aromatic heterocycles. The number of rotatable bonds is 3. The first-order valence-electron chi connectivity index (χ1n) is 5.41. The Labute approximate surface area is 90.3 Å². The summed E-state index contributed by atoms with van der Waals surface area (Å²) in [5.41, 5.74) is 2.33. The van der Waals surface area contributed by atoms with Crippen LogP contribution in [0.1, 0.15) is 18.9 Å². The largest absolute Gasteiger partial charge is 0.370 e. The lowest BCUT2D eigenvalue weighted by Gasteiger charge is -2.05. The van der Waals surface area contributed by atoms with Crippen molar-refractivity contribution in [3.63, 3.8) is 0 Å². The molecule has 2 heteroatoms. The van der Waals surface area contributed by atoms with Crippen molar-refractivity contribution >= 4 is 16.7 Å². The Kier molecular flexibility index (Phi) is 2.86. The Bertz CT molecular complexity index is 463. The van der Waals surface area contributed by atoms with Crippen LogP contribution in [0.2, 0.25) is 0 Å². The summed E-state index contributed by atoms with van der Waals surface area (Å²) in [6.07, 6.45) is 1.12. The molecule has 0 unspecified atom stereocenters. The van der Waals surface area contributed by atoms with Crippen molar-refractivity contribution in [1.82, 2.24) is 4.98 Å². The smallest absolute Gasteiger partial charge is 0.126 e. The maximum absolute atomic E-state index is 4.54. The molecule has 2 nitrogen and oxygen atoms in total. The molecule has 0 aliphatic carbocycles. The minimum atomic E-state index is 0.966. The van der Waals surface area contributed by atoms with E-state index in [1.807, 2.05) is 6.07 Å². The van der Waals surface area contributed by atoms with E-state index in [4.69, 9.17) is 0 Å². The SMILES string of the molecule is CCCNc1ccc2cc(C)ccc2n1. The van der Waals surface area contributed by atoms with Gasteiger partial charge in [-0.05, 0) is 37.6 Å². The zero-order chi connectivity index (χ0) is 10.7. The zero-order valence-electron chi connectivity index (χ0n) is 9.25. The van der Waals surface area contributed by atoms with Crippen LogP contribution >= 0.6 is 0 Å². The molecule has 78 valence electrons. The van der Waals surface area contributed by atoms with Crippen LogP contribution < -0.4 is 5.32 Å². The number of anilines is 1. The molecule has 1 aromatic carbocycles. The van der Waals surface area contributed by atoms with Crippen molar-refractivity contribution in [3.05, 3.63) is 35.9 Å². The first-order valence-corrected chi connectivity index (χ1v) is 5.41. The Morgan fingerprint density at radius 3 is 2.87 bits per heavy atom. The van der Waals surface area contributed by atoms with Crippen molar-refractivity contribution in [3.8, 4) is 0 Å². The predicted molar refractivity (Wildman–Crippen MR) is 65.3 cm³/mol. The maximum Gasteiger partial charge on any atom is 0.126 e. The van der Waals surface area contributed by atoms with Gasteiger partial charge in [-0.1, -0.05) is 18.6 Å². The standard InChI is InChI=1S/C13H16N2/c1-3-8-14-13-7-5-11-9-10(2)4-6-12(11)15-13/h4-7,9H,3,8H2,1-2H3,(H,14,15). The minimum absolute atomic E-state index is 0.966. The second-order valence-corrected chi connectivity index (χ2v) is 3.82. The van der Waals surface area contributed by atoms with Crippen molar-refractivity contribution in [2.75, 3.05) is 11.9 Å². The van der Waals surface area contributed by atoms with Gasteiger partial charge in [0.1, 0.15) is 5.82 Å². The van der Waals surface area contributed by atoms with Crippen molar-refractivity contribution in [2.45, 2.75) is 20.3 Å². The summed E-state index contributed by atoms with van der Waals surface area (Å²) in [5.74, 6) is 0.966. The summed E-state index contributed by atoms with van der Waals surface area (Å²) >= 11 is 0. The summed E-state index contributed by atoms with van der Waals surface area (Å²) in [6, 6.07) is 10.5. The maximum atomic E-state index is 4.54. The monoisotopic (exact) mass is 200 g/mol. The molecule has 0 radical (unpaired) electrons. The van der Waals surface area contributed by atoms with Gasteiger partial charge in [0.15, 0.2) is 0 Å². The zero-order valence-corrected chi connectivity index (χ0v) is 9.25. The van der Waals surface area contributed by atoms with Crippen LogP contribution in [0.3, 0.4) is 0 Å². The molecular formula is C13H16N2. The van der Waals surface area contributed by atoms with Crippen LogP contribution in [0.15, 0.2) is 30.3 Å². The van der Waals surface area contributed by atoms with Gasteiger partial charge in [-0.2, -0.15) is 0 Å². The van der Waals surface area contributed by atoms with Gasteiger partial charge in [0, 0.05) is 11.9 Å². The highest BCUT2D eigenvalue weighted by Gasteiger charge is 1.97. The molecule has 2 rings (SSSR count). The van der Waals surface area contributed by atoms with Crippen LogP contribution in [0.4, 0.5) is 5.82 Å². The third-order valence-corrected chi connectivity index (χ3v) is 2.40. The van der Waals surface area contributed by atoms with Crippen LogP contribution in [0.5, 0.6) is 0 Å². The molecule has 0 spiro atoms. The Balaban J connectivity index is 2.34. The number of nitrogens with one attached hydrogen (secondary N) is 1. The summed E-state index contributed by atoms with van der Waals surface area (Å²) in [6.45, 7) is 5.23. The lowest BCUT2D eigenvalue weighted by molar-refractivity contribution is 0.972. The predicted octanol–water partition coefficient (Wildman–Crippen LogP) is 3.37. The van der Waals surface area contributed by atoms with Gasteiger partial charge < -0.3 is 5.32 Å². The highest BCUT2D eigenvalue weighted by molar-refractivity contribution is 5.80. The van der Waals surface area contributed by atoms with E-state index in [-0.39, 0.29) is 0 Å². The molecule has 0 amide bonds. The molecule has 0 atom stereocenters. The molecule has 1 heterocycles. The molecule has 0 aliphatic rings. The summed E-state index contributed by atoms with van der Waals surface area (Å²) in [4.78, 5) is 4.54. The molecule has 1 N–H and O–H groups in total. The van der Waals surface area contributed by atoms with Crippen LogP contribution in [-0.2, 0) is 0 Å². The van der Waals surface area contributed by atoms with Gasteiger partial charge in [-0.15, -0.1) is 0 Å². The lowest BCUT2D eigenvalue weighted by atomic mass is 10.1. The van der Waals surface area contributed by atoms with E-state index in [9.17, 15) is 0 Å². The van der Waals surface area contributed by atoms with E-state index in [0.717, 1.165) is 24.3 Å².